The van der Waals surface area contributed by atoms with Crippen LogP contribution in [0.4, 0.5) is 10.5 Å². The molecule has 3 amide bonds. The van der Waals surface area contributed by atoms with E-state index < -0.39 is 12.1 Å². The summed E-state index contributed by atoms with van der Waals surface area (Å²) in [4.78, 5) is 29.9. The van der Waals surface area contributed by atoms with E-state index >= 15 is 0 Å². The van der Waals surface area contributed by atoms with Crippen molar-refractivity contribution in [1.29, 1.82) is 0 Å². The Bertz CT molecular complexity index is 908. The van der Waals surface area contributed by atoms with Gasteiger partial charge in [-0.2, -0.15) is 0 Å². The van der Waals surface area contributed by atoms with Crippen LogP contribution in [0.3, 0.4) is 0 Å². The quantitative estimate of drug-likeness (QED) is 0.701. The van der Waals surface area contributed by atoms with Crippen LogP contribution in [0.2, 0.25) is 5.02 Å². The molecule has 0 spiro atoms. The molecule has 1 fully saturated rings. The summed E-state index contributed by atoms with van der Waals surface area (Å²) in [5.74, 6) is -0.231. The minimum absolute atomic E-state index is 0.0639. The van der Waals surface area contributed by atoms with E-state index in [1.807, 2.05) is 31.2 Å². The molecule has 0 aliphatic carbocycles. The lowest BCUT2D eigenvalue weighted by molar-refractivity contribution is -0.123. The van der Waals surface area contributed by atoms with Crippen molar-refractivity contribution in [2.45, 2.75) is 51.7 Å². The van der Waals surface area contributed by atoms with Crippen molar-refractivity contribution in [3.05, 3.63) is 64.7 Å². The van der Waals surface area contributed by atoms with Crippen molar-refractivity contribution < 1.29 is 9.59 Å². The largest absolute Gasteiger partial charge is 0.351 e. The molecule has 3 N–H and O–H groups in total. The predicted octanol–water partition coefficient (Wildman–Crippen LogP) is 4.26. The minimum Gasteiger partial charge on any atom is -0.351 e. The van der Waals surface area contributed by atoms with E-state index in [1.165, 1.54) is 4.90 Å². The third kappa shape index (κ3) is 5.57. The van der Waals surface area contributed by atoms with Gasteiger partial charge in [0.2, 0.25) is 5.91 Å². The molecule has 0 radical (unpaired) electrons. The highest BCUT2D eigenvalue weighted by atomic mass is 35.5. The lowest BCUT2D eigenvalue weighted by Crippen LogP contribution is -2.51. The van der Waals surface area contributed by atoms with Crippen molar-refractivity contribution in [2.24, 2.45) is 5.73 Å². The number of nitrogens with one attached hydrogen (secondary N) is 1. The second-order valence-corrected chi connectivity index (χ2v) is 8.79. The third-order valence-corrected chi connectivity index (χ3v) is 6.19. The second-order valence-electron chi connectivity index (χ2n) is 8.36. The van der Waals surface area contributed by atoms with Crippen LogP contribution in [0, 0.1) is 6.92 Å². The van der Waals surface area contributed by atoms with E-state index in [1.54, 1.807) is 24.3 Å². The zero-order chi connectivity index (χ0) is 22.5. The maximum absolute atomic E-state index is 13.6. The number of carbonyl (C=O) groups excluding carboxylic acids is 2. The van der Waals surface area contributed by atoms with Crippen molar-refractivity contribution >= 4 is 29.2 Å². The molecule has 7 heteroatoms. The van der Waals surface area contributed by atoms with Crippen molar-refractivity contribution in [1.82, 2.24) is 10.2 Å². The number of amides is 3. The summed E-state index contributed by atoms with van der Waals surface area (Å²) in [5, 5.41) is 3.72. The molecule has 2 aromatic rings. The Hall–Kier alpha value is -2.57. The normalized spacial score (nSPS) is 16.2. The summed E-state index contributed by atoms with van der Waals surface area (Å²) in [6.45, 7) is 8.18. The van der Waals surface area contributed by atoms with Gasteiger partial charge in [0.15, 0.2) is 0 Å². The molecule has 1 aliphatic heterocycles. The Morgan fingerprint density at radius 1 is 1.10 bits per heavy atom. The first kappa shape index (κ1) is 23.1. The van der Waals surface area contributed by atoms with Gasteiger partial charge in [0.25, 0.3) is 0 Å². The molecule has 1 aliphatic rings. The number of likely N-dealkylation sites (tertiary alicyclic amines) is 1. The van der Waals surface area contributed by atoms with E-state index in [9.17, 15) is 9.59 Å². The number of hydrogen-bond acceptors (Lipinski definition) is 3. The summed E-state index contributed by atoms with van der Waals surface area (Å²) in [6.07, 6.45) is 1.75. The molecule has 0 bridgehead atoms. The molecule has 1 unspecified atom stereocenters. The highest BCUT2D eigenvalue weighted by Gasteiger charge is 2.34. The van der Waals surface area contributed by atoms with Gasteiger partial charge in [0.05, 0.1) is 0 Å². The van der Waals surface area contributed by atoms with Crippen molar-refractivity contribution in [3.63, 3.8) is 0 Å². The number of hydrogen-bond donors (Lipinski definition) is 2. The number of urea groups is 1. The smallest absolute Gasteiger partial charge is 0.320 e. The zero-order valence-electron chi connectivity index (χ0n) is 18.3. The lowest BCUT2D eigenvalue weighted by atomic mass is 9.97. The summed E-state index contributed by atoms with van der Waals surface area (Å²) >= 11 is 6.03. The second kappa shape index (κ2) is 10.2. The maximum Gasteiger partial charge on any atom is 0.320 e. The Labute approximate surface area is 189 Å². The SMILES string of the molecule is Cc1ccccc1C(C(=O)NC1CCN(C(C)C)CC1)N(C(N)=O)c1ccc(Cl)cc1. The average Bonchev–Trinajstić information content (AvgIpc) is 2.73. The fourth-order valence-electron chi connectivity index (χ4n) is 4.14. The van der Waals surface area contributed by atoms with Crippen LogP contribution in [-0.2, 0) is 4.79 Å². The number of primary amides is 1. The maximum atomic E-state index is 13.6. The van der Waals surface area contributed by atoms with Gasteiger partial charge in [0, 0.05) is 35.9 Å². The summed E-state index contributed by atoms with van der Waals surface area (Å²) in [6, 6.07) is 13.3. The van der Waals surface area contributed by atoms with Crippen LogP contribution in [0.25, 0.3) is 0 Å². The summed E-state index contributed by atoms with van der Waals surface area (Å²) in [5.41, 5.74) is 7.97. The Morgan fingerprint density at radius 2 is 1.71 bits per heavy atom. The Morgan fingerprint density at radius 3 is 2.26 bits per heavy atom. The van der Waals surface area contributed by atoms with Gasteiger partial charge in [-0.25, -0.2) is 4.79 Å². The molecular weight excluding hydrogens is 412 g/mol. The number of nitrogens with zero attached hydrogens (tertiary/aromatic N) is 2. The molecule has 6 nitrogen and oxygen atoms in total. The van der Waals surface area contributed by atoms with E-state index in [0.717, 1.165) is 37.1 Å². The number of anilines is 1. The first-order valence-corrected chi connectivity index (χ1v) is 11.1. The van der Waals surface area contributed by atoms with Gasteiger partial charge in [-0.05, 0) is 69.0 Å². The topological polar surface area (TPSA) is 78.7 Å². The van der Waals surface area contributed by atoms with Crippen LogP contribution >= 0.6 is 11.6 Å². The number of carbonyl (C=O) groups is 2. The highest BCUT2D eigenvalue weighted by molar-refractivity contribution is 6.30. The molecular formula is C24H31ClN4O2. The Balaban J connectivity index is 1.91. The molecule has 0 saturated carbocycles. The first-order chi connectivity index (χ1) is 14.8. The molecule has 2 aromatic carbocycles. The third-order valence-electron chi connectivity index (χ3n) is 5.94. The van der Waals surface area contributed by atoms with E-state index in [2.05, 4.69) is 24.1 Å². The number of nitrogens with two attached hydrogens (primary N) is 1. The van der Waals surface area contributed by atoms with Gasteiger partial charge < -0.3 is 16.0 Å². The van der Waals surface area contributed by atoms with E-state index in [4.69, 9.17) is 17.3 Å². The van der Waals surface area contributed by atoms with Gasteiger partial charge in [-0.3, -0.25) is 9.69 Å². The molecule has 3 rings (SSSR count). The number of piperidine rings is 1. The molecule has 0 aromatic heterocycles. The number of aryl methyl sites for hydroxylation is 1. The molecule has 31 heavy (non-hydrogen) atoms. The predicted molar refractivity (Wildman–Crippen MR) is 125 cm³/mol. The molecule has 1 saturated heterocycles. The monoisotopic (exact) mass is 442 g/mol. The first-order valence-electron chi connectivity index (χ1n) is 10.7. The van der Waals surface area contributed by atoms with Crippen LogP contribution in [0.15, 0.2) is 48.5 Å². The van der Waals surface area contributed by atoms with Crippen LogP contribution in [0.5, 0.6) is 0 Å². The van der Waals surface area contributed by atoms with E-state index in [0.29, 0.717) is 16.8 Å². The number of benzene rings is 2. The fourth-order valence-corrected chi connectivity index (χ4v) is 4.26. The Kier molecular flexibility index (Phi) is 7.57. The minimum atomic E-state index is -0.872. The van der Waals surface area contributed by atoms with Crippen LogP contribution < -0.4 is 16.0 Å². The van der Waals surface area contributed by atoms with Crippen LogP contribution in [0.1, 0.15) is 43.9 Å². The standard InChI is InChI=1S/C24H31ClN4O2/c1-16(2)28-14-12-19(13-15-28)27-23(30)22(21-7-5-4-6-17(21)3)29(24(26)31)20-10-8-18(25)9-11-20/h4-11,16,19,22H,12-15H2,1-3H3,(H2,26,31)(H,27,30). The van der Waals surface area contributed by atoms with E-state index in [-0.39, 0.29) is 11.9 Å². The summed E-state index contributed by atoms with van der Waals surface area (Å²) < 4.78 is 0. The summed E-state index contributed by atoms with van der Waals surface area (Å²) in [7, 11) is 0. The molecule has 1 heterocycles. The average molecular weight is 443 g/mol. The van der Waals surface area contributed by atoms with Gasteiger partial charge in [-0.1, -0.05) is 35.9 Å². The lowest BCUT2D eigenvalue weighted by Gasteiger charge is -2.36. The zero-order valence-corrected chi connectivity index (χ0v) is 19.1. The number of rotatable bonds is 6. The van der Waals surface area contributed by atoms with Gasteiger partial charge in [0.1, 0.15) is 6.04 Å². The molecule has 1 atom stereocenters. The fraction of sp³-hybridized carbons (Fsp3) is 0.417. The number of halogens is 1. The van der Waals surface area contributed by atoms with Crippen molar-refractivity contribution in [3.8, 4) is 0 Å². The molecule has 166 valence electrons. The highest BCUT2D eigenvalue weighted by Crippen LogP contribution is 2.31. The van der Waals surface area contributed by atoms with Gasteiger partial charge >= 0.3 is 6.03 Å². The van der Waals surface area contributed by atoms with Crippen LogP contribution in [-0.4, -0.2) is 42.0 Å². The van der Waals surface area contributed by atoms with Crippen molar-refractivity contribution in [2.75, 3.05) is 18.0 Å². The van der Waals surface area contributed by atoms with Gasteiger partial charge in [-0.15, -0.1) is 0 Å².